The molecule has 1 aromatic rings. The van der Waals surface area contributed by atoms with Gasteiger partial charge in [-0.2, -0.15) is 13.2 Å². The van der Waals surface area contributed by atoms with Gasteiger partial charge in [0.05, 0.1) is 11.1 Å². The first-order valence-electron chi connectivity index (χ1n) is 8.62. The molecule has 3 rings (SSSR count). The monoisotopic (exact) mass is 377 g/mol. The normalized spacial score (nSPS) is 27.2. The number of halogens is 3. The van der Waals surface area contributed by atoms with Crippen LogP contribution in [-0.4, -0.2) is 17.8 Å². The van der Waals surface area contributed by atoms with E-state index in [0.717, 1.165) is 0 Å². The highest BCUT2D eigenvalue weighted by molar-refractivity contribution is 6.10. The predicted molar refractivity (Wildman–Crippen MR) is 97.7 cm³/mol. The number of alkyl halides is 3. The fourth-order valence-corrected chi connectivity index (χ4v) is 4.14. The minimum atomic E-state index is -4.79. The lowest BCUT2D eigenvalue weighted by Gasteiger charge is -2.43. The Balaban J connectivity index is 2.39. The summed E-state index contributed by atoms with van der Waals surface area (Å²) in [6.07, 6.45) is -4.11. The van der Waals surface area contributed by atoms with Crippen molar-refractivity contribution in [3.8, 4) is 0 Å². The molecule has 1 aliphatic carbocycles. The van der Waals surface area contributed by atoms with Crippen LogP contribution in [0.15, 0.2) is 57.9 Å². The number of rotatable bonds is 1. The Morgan fingerprint density at radius 2 is 1.70 bits per heavy atom. The zero-order chi connectivity index (χ0) is 20.2. The molecule has 1 atom stereocenters. The molecule has 0 saturated carbocycles. The van der Waals surface area contributed by atoms with Crippen LogP contribution in [0.2, 0.25) is 0 Å². The molecule has 2 aliphatic rings. The molecule has 0 saturated heterocycles. The summed E-state index contributed by atoms with van der Waals surface area (Å²) in [7, 11) is 0. The number of nitrogens with zero attached hydrogens (tertiary/aromatic N) is 1. The average molecular weight is 377 g/mol. The van der Waals surface area contributed by atoms with Crippen molar-refractivity contribution in [3.63, 3.8) is 0 Å². The summed E-state index contributed by atoms with van der Waals surface area (Å²) in [5, 5.41) is 0. The third-order valence-corrected chi connectivity index (χ3v) is 5.29. The van der Waals surface area contributed by atoms with Gasteiger partial charge in [0.25, 0.3) is 0 Å². The van der Waals surface area contributed by atoms with Crippen LogP contribution in [0.4, 0.5) is 13.2 Å². The van der Waals surface area contributed by atoms with Gasteiger partial charge in [-0.3, -0.25) is 4.79 Å². The molecular weight excluding hydrogens is 355 g/mol. The number of Topliss-reactive ketones (excluding diaryl/α,β-unsaturated/α-hetero) is 1. The standard InChI is InChI=1S/C20H22F3N3O/c1-18(2)9-12-14(13(27)10-18)19(3,11-7-5-4-6-8-11)15(17(25)26-12)16(24)20(21,22)23/h4-8H,9-10,24H2,1-3H3,(H2,25,26)/b16-15+. The van der Waals surface area contributed by atoms with Gasteiger partial charge in [-0.05, 0) is 24.3 Å². The lowest BCUT2D eigenvalue weighted by atomic mass is 9.61. The second-order valence-electron chi connectivity index (χ2n) is 8.04. The number of carbonyl (C=O) groups excluding carboxylic acids is 1. The van der Waals surface area contributed by atoms with Gasteiger partial charge < -0.3 is 11.5 Å². The van der Waals surface area contributed by atoms with Gasteiger partial charge in [0, 0.05) is 17.6 Å². The molecule has 4 N–H and O–H groups in total. The Labute approximate surface area is 155 Å². The van der Waals surface area contributed by atoms with E-state index in [1.165, 1.54) is 0 Å². The summed E-state index contributed by atoms with van der Waals surface area (Å²) < 4.78 is 40.5. The molecule has 1 heterocycles. The number of ketones is 1. The van der Waals surface area contributed by atoms with Crippen LogP contribution in [-0.2, 0) is 10.2 Å². The van der Waals surface area contributed by atoms with E-state index in [1.807, 2.05) is 13.8 Å². The maximum absolute atomic E-state index is 13.5. The molecule has 4 nitrogen and oxygen atoms in total. The highest BCUT2D eigenvalue weighted by Gasteiger charge is 2.51. The molecule has 27 heavy (non-hydrogen) atoms. The maximum Gasteiger partial charge on any atom is 0.431 e. The largest absolute Gasteiger partial charge is 0.431 e. The third kappa shape index (κ3) is 3.05. The zero-order valence-electron chi connectivity index (χ0n) is 15.4. The Morgan fingerprint density at radius 3 is 2.26 bits per heavy atom. The Kier molecular flexibility index (Phi) is 4.25. The lowest BCUT2D eigenvalue weighted by molar-refractivity contribution is -0.118. The summed E-state index contributed by atoms with van der Waals surface area (Å²) in [5.74, 6) is -0.517. The minimum absolute atomic E-state index is 0.225. The molecule has 0 aromatic heterocycles. The fourth-order valence-electron chi connectivity index (χ4n) is 4.14. The van der Waals surface area contributed by atoms with Crippen molar-refractivity contribution < 1.29 is 18.0 Å². The average Bonchev–Trinajstić information content (AvgIpc) is 2.52. The van der Waals surface area contributed by atoms with Gasteiger partial charge in [-0.25, -0.2) is 4.99 Å². The van der Waals surface area contributed by atoms with E-state index in [4.69, 9.17) is 11.5 Å². The van der Waals surface area contributed by atoms with E-state index in [-0.39, 0.29) is 34.6 Å². The number of hydrogen-bond acceptors (Lipinski definition) is 4. The molecule has 1 unspecified atom stereocenters. The number of carbonyl (C=O) groups is 1. The first-order valence-corrected chi connectivity index (χ1v) is 8.62. The summed E-state index contributed by atoms with van der Waals surface area (Å²) in [6.45, 7) is 5.43. The van der Waals surface area contributed by atoms with Crippen molar-refractivity contribution in [3.05, 3.63) is 58.4 Å². The van der Waals surface area contributed by atoms with Crippen LogP contribution in [0.3, 0.4) is 0 Å². The van der Waals surface area contributed by atoms with Gasteiger partial charge in [-0.1, -0.05) is 44.2 Å². The second kappa shape index (κ2) is 5.97. The van der Waals surface area contributed by atoms with E-state index >= 15 is 0 Å². The van der Waals surface area contributed by atoms with Gasteiger partial charge in [-0.15, -0.1) is 0 Å². The molecule has 1 aromatic carbocycles. The zero-order valence-corrected chi connectivity index (χ0v) is 15.4. The molecule has 0 bridgehead atoms. The fraction of sp³-hybridized carbons (Fsp3) is 0.400. The van der Waals surface area contributed by atoms with E-state index in [2.05, 4.69) is 4.99 Å². The van der Waals surface area contributed by atoms with Crippen molar-refractivity contribution in [2.75, 3.05) is 0 Å². The third-order valence-electron chi connectivity index (χ3n) is 5.29. The number of amidine groups is 1. The van der Waals surface area contributed by atoms with Crippen molar-refractivity contribution in [1.29, 1.82) is 0 Å². The highest BCUT2D eigenvalue weighted by Crippen LogP contribution is 2.51. The predicted octanol–water partition coefficient (Wildman–Crippen LogP) is 3.73. The topological polar surface area (TPSA) is 81.5 Å². The first kappa shape index (κ1) is 19.2. The molecule has 0 amide bonds. The van der Waals surface area contributed by atoms with Crippen molar-refractivity contribution in [2.45, 2.75) is 45.2 Å². The van der Waals surface area contributed by atoms with Gasteiger partial charge in [0.2, 0.25) is 0 Å². The molecule has 1 aliphatic heterocycles. The number of nitrogens with two attached hydrogens (primary N) is 2. The molecular formula is C20H22F3N3O. The van der Waals surface area contributed by atoms with E-state index in [9.17, 15) is 18.0 Å². The molecule has 7 heteroatoms. The number of allylic oxidation sites excluding steroid dienone is 3. The van der Waals surface area contributed by atoms with Gasteiger partial charge in [0.1, 0.15) is 11.5 Å². The van der Waals surface area contributed by atoms with E-state index in [0.29, 0.717) is 17.7 Å². The molecule has 0 fully saturated rings. The molecule has 0 spiro atoms. The van der Waals surface area contributed by atoms with Crippen LogP contribution in [0.1, 0.15) is 39.2 Å². The number of aliphatic imine (C=N–C) groups is 1. The van der Waals surface area contributed by atoms with Crippen LogP contribution < -0.4 is 11.5 Å². The number of hydrogen-bond donors (Lipinski definition) is 2. The van der Waals surface area contributed by atoms with Crippen LogP contribution in [0.25, 0.3) is 0 Å². The second-order valence-corrected chi connectivity index (χ2v) is 8.04. The Morgan fingerprint density at radius 1 is 1.11 bits per heavy atom. The first-order chi connectivity index (χ1) is 12.4. The Bertz CT molecular complexity index is 895. The smallest absolute Gasteiger partial charge is 0.394 e. The van der Waals surface area contributed by atoms with Crippen LogP contribution >= 0.6 is 0 Å². The molecule has 144 valence electrons. The minimum Gasteiger partial charge on any atom is -0.394 e. The quantitative estimate of drug-likeness (QED) is 0.782. The van der Waals surface area contributed by atoms with Gasteiger partial charge >= 0.3 is 6.18 Å². The summed E-state index contributed by atoms with van der Waals surface area (Å²) in [6, 6.07) is 8.54. The van der Waals surface area contributed by atoms with E-state index < -0.39 is 17.3 Å². The Hall–Kier alpha value is -2.57. The number of benzene rings is 1. The summed E-state index contributed by atoms with van der Waals surface area (Å²) in [5.41, 5.74) is 9.29. The highest BCUT2D eigenvalue weighted by atomic mass is 19.4. The summed E-state index contributed by atoms with van der Waals surface area (Å²) >= 11 is 0. The summed E-state index contributed by atoms with van der Waals surface area (Å²) in [4.78, 5) is 17.2. The lowest BCUT2D eigenvalue weighted by Crippen LogP contribution is -2.46. The van der Waals surface area contributed by atoms with Crippen molar-refractivity contribution >= 4 is 11.6 Å². The van der Waals surface area contributed by atoms with Crippen LogP contribution in [0, 0.1) is 5.41 Å². The van der Waals surface area contributed by atoms with Crippen LogP contribution in [0.5, 0.6) is 0 Å². The molecule has 0 radical (unpaired) electrons. The van der Waals surface area contributed by atoms with Crippen molar-refractivity contribution in [1.82, 2.24) is 0 Å². The van der Waals surface area contributed by atoms with Gasteiger partial charge in [0.15, 0.2) is 5.78 Å². The SMILES string of the molecule is CC1(C)CC(=O)C2=C(C1)N=C(N)/C(=C(\N)C(F)(F)F)C2(C)c1ccccc1. The van der Waals surface area contributed by atoms with E-state index in [1.54, 1.807) is 37.3 Å². The van der Waals surface area contributed by atoms with Crippen molar-refractivity contribution in [2.24, 2.45) is 21.9 Å². The maximum atomic E-state index is 13.5.